The highest BCUT2D eigenvalue weighted by molar-refractivity contribution is 5.96. The van der Waals surface area contributed by atoms with E-state index in [9.17, 15) is 9.90 Å². The Bertz CT molecular complexity index is 1880. The molecule has 194 valence electrons. The zero-order valence-electron chi connectivity index (χ0n) is 21.6. The Morgan fingerprint density at radius 3 is 2.64 bits per heavy atom. The van der Waals surface area contributed by atoms with Gasteiger partial charge in [0.05, 0.1) is 34.9 Å². The number of furan rings is 1. The molecular weight excluding hydrogens is 490 g/mol. The number of ether oxygens (including phenoxy) is 1. The molecule has 0 saturated heterocycles. The number of fused-ring (bicyclic) bond motifs is 3. The maximum absolute atomic E-state index is 11.6. The fourth-order valence-electron chi connectivity index (χ4n) is 5.89. The van der Waals surface area contributed by atoms with Crippen LogP contribution in [0.25, 0.3) is 55.6 Å². The third kappa shape index (κ3) is 4.02. The van der Waals surface area contributed by atoms with Crippen LogP contribution in [0.2, 0.25) is 0 Å². The van der Waals surface area contributed by atoms with E-state index < -0.39 is 5.97 Å². The van der Waals surface area contributed by atoms with E-state index in [1.165, 1.54) is 19.3 Å². The first-order valence-corrected chi connectivity index (χ1v) is 13.3. The summed E-state index contributed by atoms with van der Waals surface area (Å²) in [7, 11) is 1.65. The highest BCUT2D eigenvalue weighted by atomic mass is 16.5. The number of carboxylic acid groups (broad SMARTS) is 1. The van der Waals surface area contributed by atoms with Crippen molar-refractivity contribution in [3.8, 4) is 28.4 Å². The molecule has 1 fully saturated rings. The van der Waals surface area contributed by atoms with Crippen molar-refractivity contribution >= 4 is 38.9 Å². The van der Waals surface area contributed by atoms with Crippen molar-refractivity contribution in [2.24, 2.45) is 0 Å². The van der Waals surface area contributed by atoms with Gasteiger partial charge >= 0.3 is 5.97 Å². The van der Waals surface area contributed by atoms with Crippen molar-refractivity contribution in [2.75, 3.05) is 7.11 Å². The summed E-state index contributed by atoms with van der Waals surface area (Å²) in [4.78, 5) is 21.5. The third-order valence-electron chi connectivity index (χ3n) is 7.88. The SMILES string of the molecule is COc1ccc2occ(-c3ccc4cc(-c5nc6cc(C(=O)O)ccc6n5C5CCCCC5)ccc4n3)c2c1. The van der Waals surface area contributed by atoms with Crippen molar-refractivity contribution in [2.45, 2.75) is 38.1 Å². The third-order valence-corrected chi connectivity index (χ3v) is 7.88. The smallest absolute Gasteiger partial charge is 0.335 e. The minimum Gasteiger partial charge on any atom is -0.497 e. The number of imidazole rings is 1. The normalized spacial score (nSPS) is 14.4. The van der Waals surface area contributed by atoms with E-state index in [2.05, 4.69) is 22.8 Å². The average molecular weight is 518 g/mol. The van der Waals surface area contributed by atoms with E-state index in [4.69, 9.17) is 19.1 Å². The Hall–Kier alpha value is -4.65. The summed E-state index contributed by atoms with van der Waals surface area (Å²) in [6.07, 6.45) is 7.57. The molecule has 0 atom stereocenters. The van der Waals surface area contributed by atoms with Gasteiger partial charge in [-0.15, -0.1) is 0 Å². The zero-order chi connectivity index (χ0) is 26.5. The molecule has 0 radical (unpaired) electrons. The first kappa shape index (κ1) is 23.5. The predicted octanol–water partition coefficient (Wildman–Crippen LogP) is 7.88. The van der Waals surface area contributed by atoms with Gasteiger partial charge in [0.25, 0.3) is 0 Å². The number of methoxy groups -OCH3 is 1. The molecule has 0 unspecified atom stereocenters. The van der Waals surface area contributed by atoms with E-state index in [0.717, 1.165) is 68.6 Å². The first-order valence-electron chi connectivity index (χ1n) is 13.3. The molecule has 0 spiro atoms. The number of aromatic nitrogens is 3. The minimum atomic E-state index is -0.943. The summed E-state index contributed by atoms with van der Waals surface area (Å²) < 4.78 is 13.5. The number of nitrogens with zero attached hydrogens (tertiary/aromatic N) is 3. The van der Waals surface area contributed by atoms with Crippen molar-refractivity contribution in [3.63, 3.8) is 0 Å². The molecule has 3 heterocycles. The van der Waals surface area contributed by atoms with E-state index in [-0.39, 0.29) is 5.56 Å². The number of hydrogen-bond donors (Lipinski definition) is 1. The molecule has 7 rings (SSSR count). The van der Waals surface area contributed by atoms with Gasteiger partial charge in [-0.2, -0.15) is 0 Å². The number of benzene rings is 3. The van der Waals surface area contributed by atoms with Crippen molar-refractivity contribution < 1.29 is 19.1 Å². The standard InChI is InChI=1S/C32H27N3O4/c1-38-23-10-14-30-24(17-23)25(18-39-30)27-12-7-19-15-20(8-11-26(19)33-27)31-34-28-16-21(32(36)37)9-13-29(28)35(31)22-5-3-2-4-6-22/h7-18,22H,2-6H2,1H3,(H,36,37). The fraction of sp³-hybridized carbons (Fsp3) is 0.219. The molecule has 1 saturated carbocycles. The van der Waals surface area contributed by atoms with Crippen LogP contribution in [0.4, 0.5) is 0 Å². The van der Waals surface area contributed by atoms with Crippen LogP contribution in [-0.4, -0.2) is 32.7 Å². The molecule has 3 aromatic heterocycles. The van der Waals surface area contributed by atoms with Gasteiger partial charge in [0.2, 0.25) is 0 Å². The topological polar surface area (TPSA) is 90.4 Å². The Morgan fingerprint density at radius 1 is 0.949 bits per heavy atom. The van der Waals surface area contributed by atoms with E-state index in [0.29, 0.717) is 11.6 Å². The number of aromatic carboxylic acids is 1. The van der Waals surface area contributed by atoms with Crippen molar-refractivity contribution in [3.05, 3.63) is 78.6 Å². The van der Waals surface area contributed by atoms with Crippen LogP contribution in [0.5, 0.6) is 5.75 Å². The van der Waals surface area contributed by atoms with Crippen molar-refractivity contribution in [1.82, 2.24) is 14.5 Å². The molecule has 1 aliphatic rings. The molecule has 3 aromatic carbocycles. The summed E-state index contributed by atoms with van der Waals surface area (Å²) in [5, 5.41) is 11.5. The molecule has 0 bridgehead atoms. The predicted molar refractivity (Wildman–Crippen MR) is 151 cm³/mol. The fourth-order valence-corrected chi connectivity index (χ4v) is 5.89. The summed E-state index contributed by atoms with van der Waals surface area (Å²) in [5.41, 5.74) is 6.36. The molecule has 0 amide bonds. The Labute approximate surface area is 224 Å². The van der Waals surface area contributed by atoms with Gasteiger partial charge in [0.15, 0.2) is 0 Å². The number of rotatable bonds is 5. The maximum atomic E-state index is 11.6. The second kappa shape index (κ2) is 9.27. The lowest BCUT2D eigenvalue weighted by atomic mass is 9.94. The number of hydrogen-bond acceptors (Lipinski definition) is 5. The summed E-state index contributed by atoms with van der Waals surface area (Å²) in [5.74, 6) is 0.701. The highest BCUT2D eigenvalue weighted by Crippen LogP contribution is 2.38. The van der Waals surface area contributed by atoms with E-state index in [1.54, 1.807) is 25.5 Å². The van der Waals surface area contributed by atoms with Crippen LogP contribution < -0.4 is 4.74 Å². The second-order valence-electron chi connectivity index (χ2n) is 10.2. The van der Waals surface area contributed by atoms with Crippen LogP contribution in [0.1, 0.15) is 48.5 Å². The maximum Gasteiger partial charge on any atom is 0.335 e. The highest BCUT2D eigenvalue weighted by Gasteiger charge is 2.23. The van der Waals surface area contributed by atoms with Gasteiger partial charge in [-0.05, 0) is 73.5 Å². The van der Waals surface area contributed by atoms with Gasteiger partial charge in [-0.3, -0.25) is 0 Å². The molecular formula is C32H27N3O4. The minimum absolute atomic E-state index is 0.252. The van der Waals surface area contributed by atoms with Crippen molar-refractivity contribution in [1.29, 1.82) is 0 Å². The van der Waals surface area contributed by atoms with Crippen LogP contribution in [-0.2, 0) is 0 Å². The Balaban J connectivity index is 1.33. The number of carbonyl (C=O) groups is 1. The quantitative estimate of drug-likeness (QED) is 0.250. The van der Waals surface area contributed by atoms with Crippen LogP contribution >= 0.6 is 0 Å². The van der Waals surface area contributed by atoms with Gasteiger partial charge in [-0.1, -0.05) is 25.3 Å². The molecule has 1 aliphatic carbocycles. The largest absolute Gasteiger partial charge is 0.497 e. The summed E-state index contributed by atoms with van der Waals surface area (Å²) in [6.45, 7) is 0. The molecule has 1 N–H and O–H groups in total. The molecule has 39 heavy (non-hydrogen) atoms. The van der Waals surface area contributed by atoms with E-state index in [1.807, 2.05) is 36.4 Å². The Morgan fingerprint density at radius 2 is 1.82 bits per heavy atom. The lowest BCUT2D eigenvalue weighted by Crippen LogP contribution is -2.14. The van der Waals surface area contributed by atoms with E-state index >= 15 is 0 Å². The lowest BCUT2D eigenvalue weighted by molar-refractivity contribution is 0.0697. The monoisotopic (exact) mass is 517 g/mol. The molecule has 0 aliphatic heterocycles. The second-order valence-corrected chi connectivity index (χ2v) is 10.2. The lowest BCUT2D eigenvalue weighted by Gasteiger charge is -2.25. The van der Waals surface area contributed by atoms with Gasteiger partial charge in [0, 0.05) is 27.9 Å². The van der Waals surface area contributed by atoms with Crippen LogP contribution in [0.15, 0.2) is 77.4 Å². The number of pyridine rings is 1. The number of carboxylic acids is 1. The molecule has 7 heteroatoms. The van der Waals surface area contributed by atoms with Gasteiger partial charge < -0.3 is 18.8 Å². The van der Waals surface area contributed by atoms with Gasteiger partial charge in [-0.25, -0.2) is 14.8 Å². The van der Waals surface area contributed by atoms with Crippen LogP contribution in [0.3, 0.4) is 0 Å². The molecule has 7 nitrogen and oxygen atoms in total. The summed E-state index contributed by atoms with van der Waals surface area (Å²) in [6, 6.07) is 21.7. The average Bonchev–Trinajstić information content (AvgIpc) is 3.58. The summed E-state index contributed by atoms with van der Waals surface area (Å²) >= 11 is 0. The molecule has 6 aromatic rings. The zero-order valence-corrected chi connectivity index (χ0v) is 21.6. The van der Waals surface area contributed by atoms with Crippen LogP contribution in [0, 0.1) is 0 Å². The Kier molecular flexibility index (Phi) is 5.58. The first-order chi connectivity index (χ1) is 19.1. The van der Waals surface area contributed by atoms with Gasteiger partial charge in [0.1, 0.15) is 23.4 Å².